The van der Waals surface area contributed by atoms with Gasteiger partial charge in [-0.05, 0) is 22.9 Å². The van der Waals surface area contributed by atoms with Crippen molar-refractivity contribution in [2.24, 2.45) is 5.41 Å². The quantitative estimate of drug-likeness (QED) is 0.0443. The second-order valence-electron chi connectivity index (χ2n) is 13.8. The monoisotopic (exact) mass is 921 g/mol. The number of phosphoric acid groups is 3. The number of aliphatic hydroxyl groups is 2. The average Bonchev–Trinajstić information content (AvgIpc) is 3.74. The van der Waals surface area contributed by atoms with Gasteiger partial charge in [-0.2, -0.15) is 4.31 Å². The molecule has 0 bridgehead atoms. The van der Waals surface area contributed by atoms with Crippen LogP contribution in [0, 0.1) is 5.41 Å². The zero-order valence-corrected chi connectivity index (χ0v) is 35.1. The lowest BCUT2D eigenvalue weighted by Crippen LogP contribution is -2.46. The number of nitrogens with zero attached hydrogens (tertiary/aromatic N) is 4. The predicted octanol–water partition coefficient (Wildman–Crippen LogP) is 1.13. The van der Waals surface area contributed by atoms with Crippen LogP contribution in [0.1, 0.15) is 36.9 Å². The second kappa shape index (κ2) is 19.5. The summed E-state index contributed by atoms with van der Waals surface area (Å²) in [6, 6.07) is 13.0. The molecule has 24 nitrogen and oxygen atoms in total. The maximum Gasteiger partial charge on any atom is 0.481 e. The van der Waals surface area contributed by atoms with Crippen molar-refractivity contribution in [2.45, 2.75) is 50.9 Å². The molecule has 1 aliphatic heterocycles. The van der Waals surface area contributed by atoms with Gasteiger partial charge in [-0.15, -0.1) is 0 Å². The highest BCUT2D eigenvalue weighted by atomic mass is 32.2. The van der Waals surface area contributed by atoms with Crippen molar-refractivity contribution in [1.29, 1.82) is 0 Å². The van der Waals surface area contributed by atoms with Crippen molar-refractivity contribution in [1.82, 2.24) is 30.2 Å². The molecule has 1 aliphatic rings. The van der Waals surface area contributed by atoms with Crippen LogP contribution in [0.4, 0.5) is 5.82 Å². The molecule has 328 valence electrons. The normalized spacial score (nSPS) is 21.0. The number of hydrogen-bond acceptors (Lipinski definition) is 18. The third kappa shape index (κ3) is 12.7. The number of fused-ring (bicyclic) bond motifs is 2. The van der Waals surface area contributed by atoms with Gasteiger partial charge in [0.15, 0.2) is 17.7 Å². The number of rotatable bonds is 20. The number of thioether (sulfide) groups is 1. The molecule has 4 aromatic rings. The van der Waals surface area contributed by atoms with Crippen molar-refractivity contribution in [3.05, 3.63) is 60.7 Å². The van der Waals surface area contributed by atoms with Crippen molar-refractivity contribution in [3.63, 3.8) is 0 Å². The van der Waals surface area contributed by atoms with Crippen LogP contribution in [0.25, 0.3) is 21.9 Å². The van der Waals surface area contributed by atoms with E-state index in [9.17, 15) is 57.9 Å². The number of hydrogen-bond donors (Lipinski definition) is 9. The number of amides is 2. The third-order valence-electron chi connectivity index (χ3n) is 8.72. The fourth-order valence-corrected chi connectivity index (χ4v) is 9.19. The van der Waals surface area contributed by atoms with E-state index in [1.165, 1.54) is 13.8 Å². The van der Waals surface area contributed by atoms with Gasteiger partial charge in [0.25, 0.3) is 0 Å². The molecule has 0 radical (unpaired) electrons. The van der Waals surface area contributed by atoms with Gasteiger partial charge < -0.3 is 50.9 Å². The molecule has 2 aromatic carbocycles. The number of carbonyl (C=O) groups excluding carboxylic acids is 3. The first kappa shape index (κ1) is 47.3. The highest BCUT2D eigenvalue weighted by Crippen LogP contribution is 2.61. The Balaban J connectivity index is 1.04. The van der Waals surface area contributed by atoms with Crippen LogP contribution in [0.5, 0.6) is 0 Å². The Morgan fingerprint density at radius 3 is 2.40 bits per heavy atom. The molecule has 2 aromatic heterocycles. The van der Waals surface area contributed by atoms with E-state index >= 15 is 0 Å². The zero-order valence-electron chi connectivity index (χ0n) is 31.6. The smallest absolute Gasteiger partial charge is 0.386 e. The van der Waals surface area contributed by atoms with E-state index in [0.717, 1.165) is 39.8 Å². The largest absolute Gasteiger partial charge is 0.481 e. The summed E-state index contributed by atoms with van der Waals surface area (Å²) in [6.07, 6.45) is -6.96. The van der Waals surface area contributed by atoms with Crippen molar-refractivity contribution < 1.29 is 80.5 Å². The molecule has 5 rings (SSSR count). The molecule has 28 heteroatoms. The Bertz CT molecular complexity index is 2350. The molecule has 1 fully saturated rings. The number of carbonyl (C=O) groups is 3. The summed E-state index contributed by atoms with van der Waals surface area (Å²) in [5.41, 5.74) is 4.78. The fourth-order valence-electron chi connectivity index (χ4n) is 5.67. The molecule has 10 N–H and O–H groups in total. The van der Waals surface area contributed by atoms with Crippen LogP contribution in [0.3, 0.4) is 0 Å². The number of aromatic nitrogens is 4. The fraction of sp³-hybridized carbons (Fsp3) is 0.438. The number of ether oxygens (including phenoxy) is 1. The number of aliphatic hydroxyl groups excluding tert-OH is 2. The van der Waals surface area contributed by atoms with Crippen LogP contribution < -0.4 is 16.4 Å². The highest BCUT2D eigenvalue weighted by Gasteiger charge is 2.50. The molecule has 1 saturated heterocycles. The molecular weight excluding hydrogens is 879 g/mol. The third-order valence-corrected chi connectivity index (χ3v) is 12.7. The standard InChI is InChI=1S/C32H42N7O17P3S/c1-32(2,26(42)29(43)35-10-9-22(40)34-11-12-60-31(44)20-8-7-18-5-3-4-6-19(18)13-20)15-53-59(50,51)56-58(48,49)52-14-21-25(55-57(45,46)47)24(41)30(54-21)39-17-38-23-27(33)36-16-37-28(23)39/h3-8,13,16-17,21,24-26,30,41-42H,9-12,14-15H2,1-2H3,(H,34,40)(H,35,43)(H,48,49)(H,50,51)(H2,33,36,37)(H2,45,46,47). The van der Waals surface area contributed by atoms with E-state index < -0.39 is 84.6 Å². The first-order valence-electron chi connectivity index (χ1n) is 17.6. The van der Waals surface area contributed by atoms with Gasteiger partial charge in [0.05, 0.1) is 19.5 Å². The first-order valence-corrected chi connectivity index (χ1v) is 23.1. The van der Waals surface area contributed by atoms with Gasteiger partial charge in [0, 0.05) is 36.2 Å². The minimum absolute atomic E-state index is 0.0285. The second-order valence-corrected chi connectivity index (χ2v) is 19.1. The minimum Gasteiger partial charge on any atom is -0.386 e. The summed E-state index contributed by atoms with van der Waals surface area (Å²) >= 11 is 1.03. The maximum atomic E-state index is 12.7. The van der Waals surface area contributed by atoms with Crippen molar-refractivity contribution in [2.75, 3.05) is 37.8 Å². The number of imidazole rings is 1. The number of nitrogens with one attached hydrogen (secondary N) is 2. The molecule has 60 heavy (non-hydrogen) atoms. The van der Waals surface area contributed by atoms with Crippen molar-refractivity contribution >= 4 is 79.9 Å². The summed E-state index contributed by atoms with van der Waals surface area (Å²) in [6.45, 7) is 0.427. The van der Waals surface area contributed by atoms with Gasteiger partial charge in [-0.25, -0.2) is 28.6 Å². The van der Waals surface area contributed by atoms with E-state index in [-0.39, 0.29) is 41.6 Å². The van der Waals surface area contributed by atoms with Gasteiger partial charge in [0.1, 0.15) is 36.3 Å². The lowest BCUT2D eigenvalue weighted by Gasteiger charge is -2.30. The Morgan fingerprint density at radius 2 is 1.68 bits per heavy atom. The summed E-state index contributed by atoms with van der Waals surface area (Å²) in [7, 11) is -16.4. The van der Waals surface area contributed by atoms with Gasteiger partial charge in [-0.1, -0.05) is 55.9 Å². The Kier molecular flexibility index (Phi) is 15.4. The zero-order chi connectivity index (χ0) is 44.0. The topological polar surface area (TPSA) is 364 Å². The molecular formula is C32H42N7O17P3S. The predicted molar refractivity (Wildman–Crippen MR) is 210 cm³/mol. The number of anilines is 1. The molecule has 0 saturated carbocycles. The molecule has 7 unspecified atom stereocenters. The summed E-state index contributed by atoms with van der Waals surface area (Å²) in [4.78, 5) is 88.5. The molecule has 0 aliphatic carbocycles. The van der Waals surface area contributed by atoms with E-state index in [0.29, 0.717) is 11.3 Å². The Morgan fingerprint density at radius 1 is 0.983 bits per heavy atom. The maximum absolute atomic E-state index is 12.7. The first-order chi connectivity index (χ1) is 28.1. The number of phosphoric ester groups is 3. The number of nitrogens with two attached hydrogens (primary N) is 1. The number of nitrogen functional groups attached to an aromatic ring is 1. The Hall–Kier alpha value is -3.74. The van der Waals surface area contributed by atoms with Crippen molar-refractivity contribution in [3.8, 4) is 0 Å². The van der Waals surface area contributed by atoms with E-state index in [1.54, 1.807) is 12.1 Å². The molecule has 3 heterocycles. The summed E-state index contributed by atoms with van der Waals surface area (Å²) in [5.74, 6) is -1.19. The van der Waals surface area contributed by atoms with E-state index in [1.807, 2.05) is 30.3 Å². The van der Waals surface area contributed by atoms with Gasteiger partial charge >= 0.3 is 23.5 Å². The minimum atomic E-state index is -5.58. The highest BCUT2D eigenvalue weighted by molar-refractivity contribution is 8.14. The number of benzene rings is 2. The lowest BCUT2D eigenvalue weighted by molar-refractivity contribution is -0.137. The SMILES string of the molecule is CC(C)(COP(=O)(O)OP(=O)(O)OCC1OC(n2cnc3c(N)ncnc32)C(O)C1OP(=O)(O)O)C(O)C(=O)NCCC(=O)NCCSC(=O)c1ccc2ccccc2c1. The molecule has 2 amide bonds. The summed E-state index contributed by atoms with van der Waals surface area (Å²) < 4.78 is 62.3. The van der Waals surface area contributed by atoms with Gasteiger partial charge in [0.2, 0.25) is 16.9 Å². The van der Waals surface area contributed by atoms with E-state index in [4.69, 9.17) is 19.5 Å². The van der Waals surface area contributed by atoms with Crippen LogP contribution >= 0.6 is 35.2 Å². The summed E-state index contributed by atoms with van der Waals surface area (Å²) in [5, 5.41) is 28.3. The van der Waals surface area contributed by atoms with Crippen LogP contribution in [-0.2, 0) is 45.9 Å². The molecule has 7 atom stereocenters. The lowest BCUT2D eigenvalue weighted by atomic mass is 9.87. The van der Waals surface area contributed by atoms with Crippen LogP contribution in [0.15, 0.2) is 55.1 Å². The van der Waals surface area contributed by atoms with Gasteiger partial charge in [-0.3, -0.25) is 32.5 Å². The van der Waals surface area contributed by atoms with Crippen LogP contribution in [-0.4, -0.2) is 123 Å². The van der Waals surface area contributed by atoms with Crippen LogP contribution in [0.2, 0.25) is 0 Å². The Labute approximate surface area is 344 Å². The average molecular weight is 922 g/mol. The van der Waals surface area contributed by atoms with E-state index in [2.05, 4.69) is 34.4 Å². The molecule has 0 spiro atoms.